The number of rotatable bonds is 1. The van der Waals surface area contributed by atoms with Crippen LogP contribution in [0.15, 0.2) is 24.4 Å². The SMILES string of the molecule is CN1CCNCC(c2ccccn2)C1. The zero-order valence-electron chi connectivity index (χ0n) is 8.61. The smallest absolute Gasteiger partial charge is 0.0460 e. The van der Waals surface area contributed by atoms with Crippen molar-refractivity contribution in [3.8, 4) is 0 Å². The van der Waals surface area contributed by atoms with Gasteiger partial charge in [-0.3, -0.25) is 4.98 Å². The minimum atomic E-state index is 0.531. The molecule has 1 aliphatic rings. The van der Waals surface area contributed by atoms with Crippen LogP contribution in [0.3, 0.4) is 0 Å². The standard InChI is InChI=1S/C11H17N3/c1-14-7-6-12-8-10(9-14)11-4-2-3-5-13-11/h2-5,10,12H,6-9H2,1H3. The normalized spacial score (nSPS) is 24.5. The number of nitrogens with one attached hydrogen (secondary N) is 1. The van der Waals surface area contributed by atoms with Crippen molar-refractivity contribution in [2.24, 2.45) is 0 Å². The van der Waals surface area contributed by atoms with Crippen molar-refractivity contribution in [2.75, 3.05) is 33.2 Å². The van der Waals surface area contributed by atoms with E-state index in [-0.39, 0.29) is 0 Å². The summed E-state index contributed by atoms with van der Waals surface area (Å²) in [5, 5.41) is 3.44. The summed E-state index contributed by atoms with van der Waals surface area (Å²) >= 11 is 0. The van der Waals surface area contributed by atoms with Crippen LogP contribution in [0.4, 0.5) is 0 Å². The van der Waals surface area contributed by atoms with Crippen LogP contribution >= 0.6 is 0 Å². The molecule has 0 aromatic carbocycles. The van der Waals surface area contributed by atoms with E-state index in [1.54, 1.807) is 0 Å². The van der Waals surface area contributed by atoms with Gasteiger partial charge in [0.05, 0.1) is 0 Å². The molecule has 2 rings (SSSR count). The van der Waals surface area contributed by atoms with Crippen molar-refractivity contribution in [3.63, 3.8) is 0 Å². The Balaban J connectivity index is 2.09. The molecule has 1 aromatic heterocycles. The highest BCUT2D eigenvalue weighted by Crippen LogP contribution is 2.14. The zero-order valence-corrected chi connectivity index (χ0v) is 8.61. The van der Waals surface area contributed by atoms with Crippen LogP contribution in [-0.4, -0.2) is 43.1 Å². The second-order valence-electron chi connectivity index (χ2n) is 3.92. The van der Waals surface area contributed by atoms with Gasteiger partial charge in [-0.25, -0.2) is 0 Å². The maximum absolute atomic E-state index is 4.41. The van der Waals surface area contributed by atoms with Crippen molar-refractivity contribution < 1.29 is 0 Å². The fourth-order valence-corrected chi connectivity index (χ4v) is 1.89. The van der Waals surface area contributed by atoms with Gasteiger partial charge in [-0.1, -0.05) is 6.07 Å². The van der Waals surface area contributed by atoms with Gasteiger partial charge in [0.15, 0.2) is 0 Å². The van der Waals surface area contributed by atoms with E-state index < -0.39 is 0 Å². The van der Waals surface area contributed by atoms with Gasteiger partial charge in [0.1, 0.15) is 0 Å². The van der Waals surface area contributed by atoms with Gasteiger partial charge in [0.25, 0.3) is 0 Å². The quantitative estimate of drug-likeness (QED) is 0.708. The Bertz CT molecular complexity index is 273. The lowest BCUT2D eigenvalue weighted by Gasteiger charge is -2.18. The van der Waals surface area contributed by atoms with Crippen LogP contribution in [0.1, 0.15) is 11.6 Å². The molecule has 3 heteroatoms. The Hall–Kier alpha value is -0.930. The summed E-state index contributed by atoms with van der Waals surface area (Å²) < 4.78 is 0. The van der Waals surface area contributed by atoms with Crippen molar-refractivity contribution >= 4 is 0 Å². The maximum atomic E-state index is 4.41. The molecule has 1 fully saturated rings. The Morgan fingerprint density at radius 2 is 2.43 bits per heavy atom. The van der Waals surface area contributed by atoms with Crippen molar-refractivity contribution in [2.45, 2.75) is 5.92 Å². The summed E-state index contributed by atoms with van der Waals surface area (Å²) in [4.78, 5) is 6.77. The molecule has 1 aliphatic heterocycles. The lowest BCUT2D eigenvalue weighted by Crippen LogP contribution is -2.25. The predicted octanol–water partition coefficient (Wildman–Crippen LogP) is 0.700. The fourth-order valence-electron chi connectivity index (χ4n) is 1.89. The van der Waals surface area contributed by atoms with Gasteiger partial charge in [0.2, 0.25) is 0 Å². The van der Waals surface area contributed by atoms with Crippen LogP contribution in [0, 0.1) is 0 Å². The third kappa shape index (κ3) is 2.30. The first-order chi connectivity index (χ1) is 6.86. The first kappa shape index (κ1) is 9.62. The number of likely N-dealkylation sites (N-methyl/N-ethyl adjacent to an activating group) is 1. The number of hydrogen-bond donors (Lipinski definition) is 1. The van der Waals surface area contributed by atoms with Crippen LogP contribution in [0.5, 0.6) is 0 Å². The molecule has 76 valence electrons. The minimum Gasteiger partial charge on any atom is -0.315 e. The van der Waals surface area contributed by atoms with Crippen molar-refractivity contribution in [1.82, 2.24) is 15.2 Å². The lowest BCUT2D eigenvalue weighted by atomic mass is 10.0. The summed E-state index contributed by atoms with van der Waals surface area (Å²) in [6.07, 6.45) is 1.88. The molecule has 1 aromatic rings. The molecule has 1 atom stereocenters. The second kappa shape index (κ2) is 4.53. The molecule has 1 N–H and O–H groups in total. The number of hydrogen-bond acceptors (Lipinski definition) is 3. The minimum absolute atomic E-state index is 0.531. The molecule has 2 heterocycles. The van der Waals surface area contributed by atoms with Gasteiger partial charge in [0, 0.05) is 44.0 Å². The van der Waals surface area contributed by atoms with E-state index in [0.29, 0.717) is 5.92 Å². The van der Waals surface area contributed by atoms with Crippen LogP contribution < -0.4 is 5.32 Å². The van der Waals surface area contributed by atoms with E-state index in [4.69, 9.17) is 0 Å². The summed E-state index contributed by atoms with van der Waals surface area (Å²) in [5.41, 5.74) is 1.20. The third-order valence-electron chi connectivity index (χ3n) is 2.70. The molecule has 1 saturated heterocycles. The second-order valence-corrected chi connectivity index (χ2v) is 3.92. The van der Waals surface area contributed by atoms with Crippen molar-refractivity contribution in [1.29, 1.82) is 0 Å². The molecule has 3 nitrogen and oxygen atoms in total. The summed E-state index contributed by atoms with van der Waals surface area (Å²) in [7, 11) is 2.17. The monoisotopic (exact) mass is 191 g/mol. The number of nitrogens with zero attached hydrogens (tertiary/aromatic N) is 2. The zero-order chi connectivity index (χ0) is 9.80. The van der Waals surface area contributed by atoms with Gasteiger partial charge in [-0.15, -0.1) is 0 Å². The summed E-state index contributed by atoms with van der Waals surface area (Å²) in [6, 6.07) is 6.15. The average molecular weight is 191 g/mol. The highest BCUT2D eigenvalue weighted by atomic mass is 15.1. The Morgan fingerprint density at radius 1 is 1.50 bits per heavy atom. The van der Waals surface area contributed by atoms with E-state index in [9.17, 15) is 0 Å². The molecular weight excluding hydrogens is 174 g/mol. The van der Waals surface area contributed by atoms with E-state index in [1.807, 2.05) is 12.3 Å². The van der Waals surface area contributed by atoms with E-state index in [0.717, 1.165) is 26.2 Å². The van der Waals surface area contributed by atoms with Crippen LogP contribution in [0.25, 0.3) is 0 Å². The first-order valence-electron chi connectivity index (χ1n) is 5.16. The molecule has 0 bridgehead atoms. The number of aromatic nitrogens is 1. The first-order valence-corrected chi connectivity index (χ1v) is 5.16. The summed E-state index contributed by atoms with van der Waals surface area (Å²) in [6.45, 7) is 4.36. The largest absolute Gasteiger partial charge is 0.315 e. The van der Waals surface area contributed by atoms with Gasteiger partial charge >= 0.3 is 0 Å². The Labute approximate surface area is 85.1 Å². The third-order valence-corrected chi connectivity index (χ3v) is 2.70. The molecule has 14 heavy (non-hydrogen) atoms. The van der Waals surface area contributed by atoms with Crippen LogP contribution in [0.2, 0.25) is 0 Å². The van der Waals surface area contributed by atoms with Gasteiger partial charge in [-0.05, 0) is 19.2 Å². The lowest BCUT2D eigenvalue weighted by molar-refractivity contribution is 0.340. The van der Waals surface area contributed by atoms with E-state index >= 15 is 0 Å². The molecule has 0 aliphatic carbocycles. The Morgan fingerprint density at radius 3 is 3.21 bits per heavy atom. The molecule has 0 radical (unpaired) electrons. The van der Waals surface area contributed by atoms with Crippen molar-refractivity contribution in [3.05, 3.63) is 30.1 Å². The molecule has 0 amide bonds. The van der Waals surface area contributed by atoms with Gasteiger partial charge in [-0.2, -0.15) is 0 Å². The predicted molar refractivity (Wildman–Crippen MR) is 57.3 cm³/mol. The topological polar surface area (TPSA) is 28.2 Å². The molecule has 1 unspecified atom stereocenters. The summed E-state index contributed by atoms with van der Waals surface area (Å²) in [5.74, 6) is 0.531. The highest BCUT2D eigenvalue weighted by Gasteiger charge is 2.17. The molecule has 0 spiro atoms. The maximum Gasteiger partial charge on any atom is 0.0460 e. The average Bonchev–Trinajstić information content (AvgIpc) is 2.44. The highest BCUT2D eigenvalue weighted by molar-refractivity contribution is 5.11. The van der Waals surface area contributed by atoms with Crippen LogP contribution in [-0.2, 0) is 0 Å². The Kier molecular flexibility index (Phi) is 3.11. The molecular formula is C11H17N3. The molecule has 0 saturated carbocycles. The number of pyridine rings is 1. The van der Waals surface area contributed by atoms with E-state index in [2.05, 4.69) is 34.4 Å². The fraction of sp³-hybridized carbons (Fsp3) is 0.545. The van der Waals surface area contributed by atoms with E-state index in [1.165, 1.54) is 5.69 Å². The van der Waals surface area contributed by atoms with Gasteiger partial charge < -0.3 is 10.2 Å².